The van der Waals surface area contributed by atoms with Crippen molar-refractivity contribution >= 4 is 41.5 Å². The highest BCUT2D eigenvalue weighted by Crippen LogP contribution is 2.04. The summed E-state index contributed by atoms with van der Waals surface area (Å²) in [6, 6.07) is 8.66. The molecule has 0 aliphatic carbocycles. The van der Waals surface area contributed by atoms with Crippen molar-refractivity contribution < 1.29 is 0 Å². The molecule has 77 valence electrons. The molecule has 14 heavy (non-hydrogen) atoms. The van der Waals surface area contributed by atoms with Crippen LogP contribution in [0.4, 0.5) is 0 Å². The van der Waals surface area contributed by atoms with Crippen LogP contribution in [0.1, 0.15) is 18.1 Å². The van der Waals surface area contributed by atoms with Crippen molar-refractivity contribution in [3.8, 4) is 0 Å². The highest BCUT2D eigenvalue weighted by molar-refractivity contribution is 7.54. The smallest absolute Gasteiger partial charge is 0.214 e. The third-order valence-electron chi connectivity index (χ3n) is 1.56. The number of hydrogen-bond donors (Lipinski definition) is 0. The number of hydrogen-bond acceptors (Lipinski definition) is 0. The molecule has 0 aromatic heterocycles. The Hall–Kier alpha value is 0.622. The summed E-state index contributed by atoms with van der Waals surface area (Å²) in [5.74, 6) is 0. The summed E-state index contributed by atoms with van der Waals surface area (Å²) in [5, 5.41) is 0. The van der Waals surface area contributed by atoms with Crippen LogP contribution in [0.2, 0.25) is 0 Å². The second-order valence-electron chi connectivity index (χ2n) is 2.85. The Morgan fingerprint density at radius 1 is 1.14 bits per heavy atom. The van der Waals surface area contributed by atoms with Crippen LogP contribution in [-0.2, 0) is 6.42 Å². The first kappa shape index (κ1) is 14.6. The van der Waals surface area contributed by atoms with Crippen molar-refractivity contribution in [1.29, 1.82) is 0 Å². The summed E-state index contributed by atoms with van der Waals surface area (Å²) >= 11 is -1.72. The van der Waals surface area contributed by atoms with Gasteiger partial charge < -0.3 is 0 Å². The molecular formula is C10H13AlCl3. The van der Waals surface area contributed by atoms with E-state index in [4.69, 9.17) is 30.1 Å². The first-order chi connectivity index (χ1) is 6.56. The lowest BCUT2D eigenvalue weighted by atomic mass is 10.1. The number of halogens is 3. The molecule has 0 N–H and O–H groups in total. The zero-order valence-electron chi connectivity index (χ0n) is 8.31. The maximum Gasteiger partial charge on any atom is 0.643 e. The molecule has 0 heterocycles. The molecule has 1 radical (unpaired) electrons. The lowest BCUT2D eigenvalue weighted by Crippen LogP contribution is -1.82. The molecule has 0 aliphatic heterocycles. The predicted molar refractivity (Wildman–Crippen MR) is 68.2 cm³/mol. The van der Waals surface area contributed by atoms with Crippen LogP contribution in [0.3, 0.4) is 0 Å². The van der Waals surface area contributed by atoms with Crippen molar-refractivity contribution in [2.45, 2.75) is 20.3 Å². The van der Waals surface area contributed by atoms with Crippen LogP contribution in [0.25, 0.3) is 0 Å². The largest absolute Gasteiger partial charge is 0.643 e. The van der Waals surface area contributed by atoms with Crippen molar-refractivity contribution in [1.82, 2.24) is 0 Å². The molecule has 4 heteroatoms. The standard InChI is InChI=1S/C10H13.Al.3ClH/c1-3-4-10-7-5-9(2)6-8-10;;;;/h3,5-8H,4H2,1-2H3;;3*1H/q;+3;;;/p-3. The summed E-state index contributed by atoms with van der Waals surface area (Å²) in [6.45, 7) is 4.19. The summed E-state index contributed by atoms with van der Waals surface area (Å²) in [6.07, 6.45) is 3.25. The summed E-state index contributed by atoms with van der Waals surface area (Å²) in [4.78, 5) is 0. The SMILES string of the molecule is C[CH]Cc1ccc(C)cc1.[Cl][Al]([Cl])[Cl]. The minimum Gasteiger partial charge on any atom is -0.214 e. The molecule has 0 fully saturated rings. The molecule has 1 aromatic rings. The molecule has 0 amide bonds. The Morgan fingerprint density at radius 2 is 1.57 bits per heavy atom. The maximum atomic E-state index is 4.94. The van der Waals surface area contributed by atoms with E-state index >= 15 is 0 Å². The highest BCUT2D eigenvalue weighted by atomic mass is 35.8. The zero-order valence-corrected chi connectivity index (χ0v) is 11.7. The van der Waals surface area contributed by atoms with E-state index in [1.54, 1.807) is 0 Å². The van der Waals surface area contributed by atoms with E-state index in [0.29, 0.717) is 0 Å². The number of benzene rings is 1. The average molecular weight is 267 g/mol. The van der Waals surface area contributed by atoms with Gasteiger partial charge in [-0.1, -0.05) is 36.8 Å². The van der Waals surface area contributed by atoms with E-state index in [2.05, 4.69) is 44.5 Å². The topological polar surface area (TPSA) is 0 Å². The molecule has 0 aliphatic rings. The molecule has 0 unspecified atom stereocenters. The molecule has 0 atom stereocenters. The third-order valence-corrected chi connectivity index (χ3v) is 1.56. The zero-order chi connectivity index (χ0) is 11.0. The van der Waals surface area contributed by atoms with E-state index in [1.807, 2.05) is 0 Å². The number of rotatable bonds is 2. The molecule has 1 rings (SSSR count). The molecule has 0 nitrogen and oxygen atoms in total. The van der Waals surface area contributed by atoms with E-state index in [1.165, 1.54) is 11.1 Å². The van der Waals surface area contributed by atoms with Gasteiger partial charge in [0.15, 0.2) is 0 Å². The van der Waals surface area contributed by atoms with Gasteiger partial charge in [0, 0.05) is 0 Å². The molecular weight excluding hydrogens is 253 g/mol. The first-order valence-corrected chi connectivity index (χ1v) is 9.55. The van der Waals surface area contributed by atoms with Crippen LogP contribution in [0.15, 0.2) is 24.3 Å². The van der Waals surface area contributed by atoms with Gasteiger partial charge in [-0.2, -0.15) is 0 Å². The van der Waals surface area contributed by atoms with E-state index in [0.717, 1.165) is 6.42 Å². The fourth-order valence-electron chi connectivity index (χ4n) is 0.960. The molecule has 0 bridgehead atoms. The lowest BCUT2D eigenvalue weighted by Gasteiger charge is -1.96. The Morgan fingerprint density at radius 3 is 1.93 bits per heavy atom. The van der Waals surface area contributed by atoms with Gasteiger partial charge in [0.2, 0.25) is 0 Å². The van der Waals surface area contributed by atoms with Gasteiger partial charge in [0.25, 0.3) is 0 Å². The fourth-order valence-corrected chi connectivity index (χ4v) is 0.960. The van der Waals surface area contributed by atoms with Crippen LogP contribution in [0.5, 0.6) is 0 Å². The Bertz CT molecular complexity index is 231. The van der Waals surface area contributed by atoms with Gasteiger partial charge in [-0.3, -0.25) is 0 Å². The van der Waals surface area contributed by atoms with Gasteiger partial charge in [-0.05, 0) is 25.3 Å². The maximum absolute atomic E-state index is 4.94. The second-order valence-corrected chi connectivity index (χ2v) is 9.28. The predicted octanol–water partition coefficient (Wildman–Crippen LogP) is 4.45. The van der Waals surface area contributed by atoms with Crippen LogP contribution >= 0.6 is 30.1 Å². The van der Waals surface area contributed by atoms with Gasteiger partial charge >= 0.3 is 11.4 Å². The molecule has 0 spiro atoms. The second kappa shape index (κ2) is 8.89. The molecule has 0 saturated carbocycles. The Labute approximate surface area is 103 Å². The van der Waals surface area contributed by atoms with Crippen molar-refractivity contribution in [2.24, 2.45) is 0 Å². The van der Waals surface area contributed by atoms with Crippen molar-refractivity contribution in [3.63, 3.8) is 0 Å². The molecule has 0 saturated heterocycles. The average Bonchev–Trinajstić information content (AvgIpc) is 2.08. The Balaban J connectivity index is 0.000000364. The summed E-state index contributed by atoms with van der Waals surface area (Å²) < 4.78 is 0. The van der Waals surface area contributed by atoms with Crippen molar-refractivity contribution in [3.05, 3.63) is 41.8 Å². The van der Waals surface area contributed by atoms with Gasteiger partial charge in [-0.25, -0.2) is 30.1 Å². The van der Waals surface area contributed by atoms with Gasteiger partial charge in [-0.15, -0.1) is 0 Å². The highest BCUT2D eigenvalue weighted by Gasteiger charge is 2.00. The molecule has 1 aromatic carbocycles. The Kier molecular flexibility index (Phi) is 9.29. The van der Waals surface area contributed by atoms with Crippen LogP contribution < -0.4 is 0 Å². The minimum absolute atomic E-state index is 1.08. The first-order valence-electron chi connectivity index (χ1n) is 4.32. The van der Waals surface area contributed by atoms with E-state index in [-0.39, 0.29) is 0 Å². The van der Waals surface area contributed by atoms with Crippen LogP contribution in [-0.4, -0.2) is 11.4 Å². The number of aryl methyl sites for hydroxylation is 1. The normalized spacial score (nSPS) is 8.93. The lowest BCUT2D eigenvalue weighted by molar-refractivity contribution is 1.14. The summed E-state index contributed by atoms with van der Waals surface area (Å²) in [7, 11) is 14.8. The van der Waals surface area contributed by atoms with Gasteiger partial charge in [0.1, 0.15) is 0 Å². The fraction of sp³-hybridized carbons (Fsp3) is 0.300. The summed E-state index contributed by atoms with van der Waals surface area (Å²) in [5.41, 5.74) is 2.73. The van der Waals surface area contributed by atoms with Crippen LogP contribution in [0, 0.1) is 13.3 Å². The monoisotopic (exact) mass is 265 g/mol. The van der Waals surface area contributed by atoms with Crippen molar-refractivity contribution in [2.75, 3.05) is 0 Å². The van der Waals surface area contributed by atoms with E-state index < -0.39 is 11.4 Å². The minimum atomic E-state index is -1.72. The van der Waals surface area contributed by atoms with Gasteiger partial charge in [0.05, 0.1) is 0 Å². The third kappa shape index (κ3) is 9.19. The van der Waals surface area contributed by atoms with E-state index in [9.17, 15) is 0 Å². The quantitative estimate of drug-likeness (QED) is 0.694.